The van der Waals surface area contributed by atoms with E-state index < -0.39 is 0 Å². The molecule has 100 valence electrons. The van der Waals surface area contributed by atoms with Crippen LogP contribution in [0.2, 0.25) is 0 Å². The molecule has 0 amide bonds. The lowest BCUT2D eigenvalue weighted by Gasteiger charge is -2.21. The molecule has 1 N–H and O–H groups in total. The van der Waals surface area contributed by atoms with Gasteiger partial charge in [-0.25, -0.2) is 0 Å². The first-order chi connectivity index (χ1) is 8.28. The standard InChI is InChI=1S/C13H27N3O/c1-15(9-10-17-2)7-8-16-6-5-13(11-16)14-12-3-4-12/h12-14H,3-11H2,1-2H3. The summed E-state index contributed by atoms with van der Waals surface area (Å²) in [6.45, 7) is 6.73. The number of ether oxygens (including phenoxy) is 1. The van der Waals surface area contributed by atoms with Crippen LogP contribution in [0.25, 0.3) is 0 Å². The average Bonchev–Trinajstić information content (AvgIpc) is 3.02. The summed E-state index contributed by atoms with van der Waals surface area (Å²) in [5.74, 6) is 0. The van der Waals surface area contributed by atoms with Crippen LogP contribution in [0.5, 0.6) is 0 Å². The number of likely N-dealkylation sites (N-methyl/N-ethyl adjacent to an activating group) is 1. The first-order valence-corrected chi connectivity index (χ1v) is 6.94. The summed E-state index contributed by atoms with van der Waals surface area (Å²) in [4.78, 5) is 4.94. The topological polar surface area (TPSA) is 27.7 Å². The van der Waals surface area contributed by atoms with Crippen molar-refractivity contribution in [3.8, 4) is 0 Å². The van der Waals surface area contributed by atoms with Crippen LogP contribution in [0.3, 0.4) is 0 Å². The summed E-state index contributed by atoms with van der Waals surface area (Å²) in [7, 11) is 3.94. The van der Waals surface area contributed by atoms with Crippen molar-refractivity contribution in [2.75, 3.05) is 53.5 Å². The van der Waals surface area contributed by atoms with Gasteiger partial charge in [0.15, 0.2) is 0 Å². The highest BCUT2D eigenvalue weighted by molar-refractivity contribution is 4.89. The van der Waals surface area contributed by atoms with Gasteiger partial charge in [-0.05, 0) is 32.9 Å². The molecule has 2 aliphatic rings. The fourth-order valence-electron chi connectivity index (χ4n) is 2.43. The zero-order valence-corrected chi connectivity index (χ0v) is 11.3. The lowest BCUT2D eigenvalue weighted by Crippen LogP contribution is -2.37. The van der Waals surface area contributed by atoms with Crippen LogP contribution >= 0.6 is 0 Å². The molecule has 1 atom stereocenters. The van der Waals surface area contributed by atoms with Crippen LogP contribution < -0.4 is 5.32 Å². The summed E-state index contributed by atoms with van der Waals surface area (Å²) < 4.78 is 5.09. The molecule has 1 aliphatic heterocycles. The van der Waals surface area contributed by atoms with Gasteiger partial charge in [0, 0.05) is 45.4 Å². The molecule has 0 aromatic rings. The maximum Gasteiger partial charge on any atom is 0.0589 e. The second-order valence-corrected chi connectivity index (χ2v) is 5.52. The molecule has 17 heavy (non-hydrogen) atoms. The minimum Gasteiger partial charge on any atom is -0.383 e. The van der Waals surface area contributed by atoms with Crippen LogP contribution in [0, 0.1) is 0 Å². The van der Waals surface area contributed by atoms with E-state index in [1.54, 1.807) is 7.11 Å². The number of rotatable bonds is 8. The molecule has 1 unspecified atom stereocenters. The van der Waals surface area contributed by atoms with Gasteiger partial charge in [0.25, 0.3) is 0 Å². The second-order valence-electron chi connectivity index (χ2n) is 5.52. The summed E-state index contributed by atoms with van der Waals surface area (Å²) in [6, 6.07) is 1.61. The van der Waals surface area contributed by atoms with E-state index in [4.69, 9.17) is 4.74 Å². The van der Waals surface area contributed by atoms with Crippen molar-refractivity contribution in [2.24, 2.45) is 0 Å². The maximum atomic E-state index is 5.09. The number of nitrogens with one attached hydrogen (secondary N) is 1. The Morgan fingerprint density at radius 3 is 2.76 bits per heavy atom. The van der Waals surface area contributed by atoms with Crippen molar-refractivity contribution in [3.63, 3.8) is 0 Å². The minimum absolute atomic E-state index is 0.756. The van der Waals surface area contributed by atoms with E-state index in [1.165, 1.54) is 38.9 Å². The molecule has 1 aliphatic carbocycles. The van der Waals surface area contributed by atoms with Gasteiger partial charge in [0.1, 0.15) is 0 Å². The van der Waals surface area contributed by atoms with Gasteiger partial charge in [0.2, 0.25) is 0 Å². The number of likely N-dealkylation sites (tertiary alicyclic amines) is 1. The quantitative estimate of drug-likeness (QED) is 0.665. The van der Waals surface area contributed by atoms with E-state index in [0.717, 1.165) is 31.8 Å². The monoisotopic (exact) mass is 241 g/mol. The Labute approximate surface area is 105 Å². The van der Waals surface area contributed by atoms with Gasteiger partial charge in [-0.15, -0.1) is 0 Å². The van der Waals surface area contributed by atoms with Crippen molar-refractivity contribution in [2.45, 2.75) is 31.3 Å². The van der Waals surface area contributed by atoms with E-state index in [2.05, 4.69) is 22.2 Å². The Hall–Kier alpha value is -0.160. The number of hydrogen-bond donors (Lipinski definition) is 1. The van der Waals surface area contributed by atoms with Crippen LogP contribution in [0.15, 0.2) is 0 Å². The van der Waals surface area contributed by atoms with Crippen LogP contribution in [0.4, 0.5) is 0 Å². The van der Waals surface area contributed by atoms with Crippen molar-refractivity contribution in [3.05, 3.63) is 0 Å². The normalized spacial score (nSPS) is 25.9. The Morgan fingerprint density at radius 1 is 1.24 bits per heavy atom. The summed E-state index contributed by atoms with van der Waals surface area (Å²) in [5.41, 5.74) is 0. The van der Waals surface area contributed by atoms with Crippen molar-refractivity contribution in [1.29, 1.82) is 0 Å². The molecule has 0 aromatic carbocycles. The van der Waals surface area contributed by atoms with E-state index in [1.807, 2.05) is 0 Å². The van der Waals surface area contributed by atoms with Crippen LogP contribution in [-0.4, -0.2) is 75.4 Å². The molecule has 1 heterocycles. The third kappa shape index (κ3) is 4.92. The molecule has 2 rings (SSSR count). The highest BCUT2D eigenvalue weighted by atomic mass is 16.5. The van der Waals surface area contributed by atoms with Crippen molar-refractivity contribution in [1.82, 2.24) is 15.1 Å². The Kier molecular flexibility index (Phi) is 5.22. The fourth-order valence-corrected chi connectivity index (χ4v) is 2.43. The van der Waals surface area contributed by atoms with Crippen molar-refractivity contribution < 1.29 is 4.74 Å². The van der Waals surface area contributed by atoms with Crippen LogP contribution in [0.1, 0.15) is 19.3 Å². The molecule has 4 heteroatoms. The molecule has 0 spiro atoms. The smallest absolute Gasteiger partial charge is 0.0589 e. The summed E-state index contributed by atoms with van der Waals surface area (Å²) in [6.07, 6.45) is 4.13. The predicted molar refractivity (Wildman–Crippen MR) is 70.4 cm³/mol. The molecular weight excluding hydrogens is 214 g/mol. The second kappa shape index (κ2) is 6.69. The lowest BCUT2D eigenvalue weighted by molar-refractivity contribution is 0.154. The van der Waals surface area contributed by atoms with Gasteiger partial charge >= 0.3 is 0 Å². The van der Waals surface area contributed by atoms with Gasteiger partial charge < -0.3 is 19.9 Å². The number of nitrogens with zero attached hydrogens (tertiary/aromatic N) is 2. The Balaban J connectivity index is 1.54. The SMILES string of the molecule is COCCN(C)CCN1CCC(NC2CC2)C1. The highest BCUT2D eigenvalue weighted by Crippen LogP contribution is 2.21. The minimum atomic E-state index is 0.756. The fraction of sp³-hybridized carbons (Fsp3) is 1.00. The Bertz CT molecular complexity index is 221. The molecule has 0 bridgehead atoms. The lowest BCUT2D eigenvalue weighted by atomic mass is 10.2. The largest absolute Gasteiger partial charge is 0.383 e. The van der Waals surface area contributed by atoms with E-state index in [9.17, 15) is 0 Å². The maximum absolute atomic E-state index is 5.09. The summed E-state index contributed by atoms with van der Waals surface area (Å²) in [5, 5.41) is 3.73. The van der Waals surface area contributed by atoms with E-state index in [-0.39, 0.29) is 0 Å². The van der Waals surface area contributed by atoms with E-state index >= 15 is 0 Å². The van der Waals surface area contributed by atoms with Crippen molar-refractivity contribution >= 4 is 0 Å². The average molecular weight is 241 g/mol. The van der Waals surface area contributed by atoms with Gasteiger partial charge in [-0.2, -0.15) is 0 Å². The molecule has 0 radical (unpaired) electrons. The van der Waals surface area contributed by atoms with Gasteiger partial charge in [-0.1, -0.05) is 0 Å². The third-order valence-electron chi connectivity index (χ3n) is 3.80. The number of hydrogen-bond acceptors (Lipinski definition) is 4. The zero-order chi connectivity index (χ0) is 12.1. The number of methoxy groups -OCH3 is 1. The first-order valence-electron chi connectivity index (χ1n) is 6.94. The zero-order valence-electron chi connectivity index (χ0n) is 11.3. The molecular formula is C13H27N3O. The van der Waals surface area contributed by atoms with E-state index in [0.29, 0.717) is 0 Å². The van der Waals surface area contributed by atoms with Gasteiger partial charge in [-0.3, -0.25) is 0 Å². The highest BCUT2D eigenvalue weighted by Gasteiger charge is 2.28. The summed E-state index contributed by atoms with van der Waals surface area (Å²) >= 11 is 0. The Morgan fingerprint density at radius 2 is 2.06 bits per heavy atom. The van der Waals surface area contributed by atoms with Crippen LogP contribution in [-0.2, 0) is 4.74 Å². The predicted octanol–water partition coefficient (Wildman–Crippen LogP) is 0.391. The molecule has 1 saturated carbocycles. The first kappa shape index (κ1) is 13.3. The third-order valence-corrected chi connectivity index (χ3v) is 3.80. The molecule has 0 aromatic heterocycles. The molecule has 2 fully saturated rings. The van der Waals surface area contributed by atoms with Gasteiger partial charge in [0.05, 0.1) is 6.61 Å². The molecule has 4 nitrogen and oxygen atoms in total. The molecule has 1 saturated heterocycles.